The first kappa shape index (κ1) is 24.8. The van der Waals surface area contributed by atoms with Crippen molar-refractivity contribution in [3.63, 3.8) is 0 Å². The maximum Gasteiger partial charge on any atom is 0.471 e. The number of benzene rings is 2. The molecule has 0 aromatic heterocycles. The molecule has 2 aromatic rings. The van der Waals surface area contributed by atoms with Crippen molar-refractivity contribution in [2.75, 3.05) is 25.1 Å². The summed E-state index contributed by atoms with van der Waals surface area (Å²) in [7, 11) is 0. The Labute approximate surface area is 183 Å². The van der Waals surface area contributed by atoms with E-state index in [9.17, 15) is 22.8 Å². The second kappa shape index (κ2) is 11.3. The predicted octanol–water partition coefficient (Wildman–Crippen LogP) is 4.31. The lowest BCUT2D eigenvalue weighted by Crippen LogP contribution is -2.36. The molecule has 0 spiro atoms. The Morgan fingerprint density at radius 3 is 2.03 bits per heavy atom. The number of alkyl halides is 3. The van der Waals surface area contributed by atoms with Crippen molar-refractivity contribution in [2.45, 2.75) is 33.5 Å². The SMILES string of the molecule is CCOc1cc(C(=O)Nc2cccc(CNC(=O)C(F)(F)F)c2)cc(OCC)c1OCC. The fourth-order valence-electron chi connectivity index (χ4n) is 2.76. The van der Waals surface area contributed by atoms with Crippen molar-refractivity contribution in [1.82, 2.24) is 5.32 Å². The average Bonchev–Trinajstić information content (AvgIpc) is 2.74. The summed E-state index contributed by atoms with van der Waals surface area (Å²) in [5, 5.41) is 4.47. The molecule has 10 heteroatoms. The molecule has 2 amide bonds. The van der Waals surface area contributed by atoms with Gasteiger partial charge in [-0.2, -0.15) is 13.2 Å². The number of carbonyl (C=O) groups is 2. The van der Waals surface area contributed by atoms with Crippen molar-refractivity contribution >= 4 is 17.5 Å². The largest absolute Gasteiger partial charge is 0.490 e. The van der Waals surface area contributed by atoms with E-state index >= 15 is 0 Å². The lowest BCUT2D eigenvalue weighted by molar-refractivity contribution is -0.173. The van der Waals surface area contributed by atoms with Crippen LogP contribution in [0.2, 0.25) is 0 Å². The van der Waals surface area contributed by atoms with E-state index in [-0.39, 0.29) is 12.1 Å². The number of carbonyl (C=O) groups excluding carboxylic acids is 2. The van der Waals surface area contributed by atoms with E-state index < -0.39 is 18.0 Å². The maximum absolute atomic E-state index is 12.8. The Bertz CT molecular complexity index is 920. The van der Waals surface area contributed by atoms with Crippen LogP contribution in [-0.2, 0) is 11.3 Å². The summed E-state index contributed by atoms with van der Waals surface area (Å²) in [6, 6.07) is 9.19. The predicted molar refractivity (Wildman–Crippen MR) is 112 cm³/mol. The molecule has 2 N–H and O–H groups in total. The molecule has 0 heterocycles. The molecule has 0 atom stereocenters. The van der Waals surface area contributed by atoms with E-state index in [0.29, 0.717) is 48.3 Å². The topological polar surface area (TPSA) is 85.9 Å². The number of anilines is 1. The highest BCUT2D eigenvalue weighted by molar-refractivity contribution is 6.05. The normalized spacial score (nSPS) is 10.9. The molecule has 0 fully saturated rings. The number of hydrogen-bond donors (Lipinski definition) is 2. The van der Waals surface area contributed by atoms with Gasteiger partial charge in [-0.05, 0) is 50.6 Å². The van der Waals surface area contributed by atoms with Crippen LogP contribution in [-0.4, -0.2) is 37.8 Å². The van der Waals surface area contributed by atoms with Crippen molar-refractivity contribution in [1.29, 1.82) is 0 Å². The zero-order valence-corrected chi connectivity index (χ0v) is 18.0. The van der Waals surface area contributed by atoms with Gasteiger partial charge in [-0.15, -0.1) is 0 Å². The standard InChI is InChI=1S/C22H25F3N2O5/c1-4-30-17-11-15(12-18(31-5-2)19(17)32-6-3)20(28)27-16-9-7-8-14(10-16)13-26-21(29)22(23,24)25/h7-12H,4-6,13H2,1-3H3,(H,26,29)(H,27,28). The van der Waals surface area contributed by atoms with Gasteiger partial charge in [0.1, 0.15) is 0 Å². The molecule has 174 valence electrons. The van der Waals surface area contributed by atoms with Crippen LogP contribution in [0.3, 0.4) is 0 Å². The van der Waals surface area contributed by atoms with Crippen LogP contribution in [0.5, 0.6) is 17.2 Å². The average molecular weight is 454 g/mol. The zero-order valence-electron chi connectivity index (χ0n) is 18.0. The van der Waals surface area contributed by atoms with Gasteiger partial charge < -0.3 is 24.8 Å². The Hall–Kier alpha value is -3.43. The van der Waals surface area contributed by atoms with E-state index in [0.717, 1.165) is 0 Å². The van der Waals surface area contributed by atoms with Gasteiger partial charge in [0.2, 0.25) is 5.75 Å². The minimum absolute atomic E-state index is 0.246. The molecule has 2 aromatic carbocycles. The monoisotopic (exact) mass is 454 g/mol. The molecule has 0 unspecified atom stereocenters. The highest BCUT2D eigenvalue weighted by Gasteiger charge is 2.38. The molecule has 0 aliphatic heterocycles. The second-order valence-corrected chi connectivity index (χ2v) is 6.44. The third-order valence-corrected chi connectivity index (χ3v) is 4.07. The van der Waals surface area contributed by atoms with Gasteiger partial charge in [0.15, 0.2) is 11.5 Å². The number of halogens is 3. The Morgan fingerprint density at radius 1 is 0.906 bits per heavy atom. The first-order valence-electron chi connectivity index (χ1n) is 10.0. The van der Waals surface area contributed by atoms with Gasteiger partial charge in [-0.25, -0.2) is 0 Å². The molecule has 0 bridgehead atoms. The van der Waals surface area contributed by atoms with Crippen molar-refractivity contribution in [3.8, 4) is 17.2 Å². The Kier molecular flexibility index (Phi) is 8.74. The molecule has 0 aliphatic rings. The van der Waals surface area contributed by atoms with Crippen LogP contribution in [0.1, 0.15) is 36.7 Å². The summed E-state index contributed by atoms with van der Waals surface area (Å²) in [6.45, 7) is 6.15. The molecular weight excluding hydrogens is 429 g/mol. The number of nitrogens with one attached hydrogen (secondary N) is 2. The lowest BCUT2D eigenvalue weighted by Gasteiger charge is -2.17. The molecule has 2 rings (SSSR count). The third kappa shape index (κ3) is 6.79. The second-order valence-electron chi connectivity index (χ2n) is 6.44. The summed E-state index contributed by atoms with van der Waals surface area (Å²) in [5.41, 5.74) is 0.979. The first-order chi connectivity index (χ1) is 15.2. The molecular formula is C22H25F3N2O5. The van der Waals surface area contributed by atoms with E-state index in [1.165, 1.54) is 24.3 Å². The third-order valence-electron chi connectivity index (χ3n) is 4.07. The van der Waals surface area contributed by atoms with Crippen molar-refractivity contribution < 1.29 is 37.0 Å². The van der Waals surface area contributed by atoms with Crippen LogP contribution in [0.15, 0.2) is 36.4 Å². The summed E-state index contributed by atoms with van der Waals surface area (Å²) >= 11 is 0. The number of rotatable bonds is 10. The quantitative estimate of drug-likeness (QED) is 0.559. The van der Waals surface area contributed by atoms with Crippen LogP contribution >= 0.6 is 0 Å². The summed E-state index contributed by atoms with van der Waals surface area (Å²) in [4.78, 5) is 23.8. The molecule has 7 nitrogen and oxygen atoms in total. The van der Waals surface area contributed by atoms with Crippen LogP contribution in [0.4, 0.5) is 18.9 Å². The van der Waals surface area contributed by atoms with Gasteiger partial charge in [0.25, 0.3) is 5.91 Å². The van der Waals surface area contributed by atoms with E-state index in [4.69, 9.17) is 14.2 Å². The van der Waals surface area contributed by atoms with E-state index in [1.807, 2.05) is 6.92 Å². The van der Waals surface area contributed by atoms with Gasteiger partial charge in [0, 0.05) is 17.8 Å². The minimum Gasteiger partial charge on any atom is -0.490 e. The zero-order chi connectivity index (χ0) is 23.7. The lowest BCUT2D eigenvalue weighted by atomic mass is 10.1. The maximum atomic E-state index is 12.8. The highest BCUT2D eigenvalue weighted by atomic mass is 19.4. The number of hydrogen-bond acceptors (Lipinski definition) is 5. The van der Waals surface area contributed by atoms with Crippen LogP contribution < -0.4 is 24.8 Å². The van der Waals surface area contributed by atoms with Gasteiger partial charge in [-0.3, -0.25) is 9.59 Å². The number of amides is 2. The van der Waals surface area contributed by atoms with Crippen molar-refractivity contribution in [3.05, 3.63) is 47.5 Å². The van der Waals surface area contributed by atoms with E-state index in [2.05, 4.69) is 5.32 Å². The molecule has 0 radical (unpaired) electrons. The minimum atomic E-state index is -4.96. The van der Waals surface area contributed by atoms with E-state index in [1.54, 1.807) is 31.3 Å². The van der Waals surface area contributed by atoms with Crippen molar-refractivity contribution in [2.24, 2.45) is 0 Å². The van der Waals surface area contributed by atoms with Gasteiger partial charge in [-0.1, -0.05) is 12.1 Å². The smallest absolute Gasteiger partial charge is 0.471 e. The summed E-state index contributed by atoms with van der Waals surface area (Å²) in [6.07, 6.45) is -4.96. The summed E-state index contributed by atoms with van der Waals surface area (Å²) < 4.78 is 53.9. The highest BCUT2D eigenvalue weighted by Crippen LogP contribution is 2.39. The number of ether oxygens (including phenoxy) is 3. The first-order valence-corrected chi connectivity index (χ1v) is 10.0. The fourth-order valence-corrected chi connectivity index (χ4v) is 2.76. The molecule has 0 saturated heterocycles. The Morgan fingerprint density at radius 2 is 1.50 bits per heavy atom. The fraction of sp³-hybridized carbons (Fsp3) is 0.364. The van der Waals surface area contributed by atoms with Crippen LogP contribution in [0.25, 0.3) is 0 Å². The Balaban J connectivity index is 2.22. The molecule has 0 saturated carbocycles. The molecule has 0 aliphatic carbocycles. The molecule has 32 heavy (non-hydrogen) atoms. The van der Waals surface area contributed by atoms with Gasteiger partial charge >= 0.3 is 12.1 Å². The van der Waals surface area contributed by atoms with Crippen LogP contribution in [0, 0.1) is 0 Å². The van der Waals surface area contributed by atoms with Gasteiger partial charge in [0.05, 0.1) is 19.8 Å². The summed E-state index contributed by atoms with van der Waals surface area (Å²) in [5.74, 6) is -1.40.